The average Bonchev–Trinajstić information content (AvgIpc) is 2.60. The monoisotopic (exact) mass is 305 g/mol. The summed E-state index contributed by atoms with van der Waals surface area (Å²) in [5.74, 6) is 0.0885. The van der Waals surface area contributed by atoms with Crippen LogP contribution in [0.1, 0.15) is 17.9 Å². The normalized spacial score (nSPS) is 11.8. The van der Waals surface area contributed by atoms with Crippen molar-refractivity contribution in [3.63, 3.8) is 0 Å². The van der Waals surface area contributed by atoms with Gasteiger partial charge in [0, 0.05) is 6.42 Å². The summed E-state index contributed by atoms with van der Waals surface area (Å²) in [6.07, 6.45) is 0.585. The van der Waals surface area contributed by atoms with E-state index in [4.69, 9.17) is 4.74 Å². The van der Waals surface area contributed by atoms with Crippen molar-refractivity contribution >= 4 is 10.8 Å². The van der Waals surface area contributed by atoms with Gasteiger partial charge in [-0.25, -0.2) is 4.39 Å². The number of rotatable bonds is 5. The van der Waals surface area contributed by atoms with Gasteiger partial charge in [-0.3, -0.25) is 0 Å². The van der Waals surface area contributed by atoms with Crippen LogP contribution in [-0.2, 0) is 0 Å². The molecular formula is C20H16FNO. The minimum Gasteiger partial charge on any atom is -0.494 e. The fraction of sp³-hybridized carbons (Fsp3) is 0.150. The molecule has 0 spiro atoms. The fourth-order valence-corrected chi connectivity index (χ4v) is 2.67. The first-order valence-electron chi connectivity index (χ1n) is 7.53. The summed E-state index contributed by atoms with van der Waals surface area (Å²) in [5.41, 5.74) is 1.02. The van der Waals surface area contributed by atoms with Crippen molar-refractivity contribution in [1.29, 1.82) is 5.26 Å². The molecule has 0 bridgehead atoms. The zero-order valence-electron chi connectivity index (χ0n) is 12.6. The Hall–Kier alpha value is -2.86. The Balaban J connectivity index is 1.72. The lowest BCUT2D eigenvalue weighted by Gasteiger charge is -2.13. The molecule has 0 aliphatic rings. The summed E-state index contributed by atoms with van der Waals surface area (Å²) >= 11 is 0. The van der Waals surface area contributed by atoms with Gasteiger partial charge in [-0.1, -0.05) is 42.5 Å². The van der Waals surface area contributed by atoms with E-state index < -0.39 is 0 Å². The highest BCUT2D eigenvalue weighted by atomic mass is 19.1. The van der Waals surface area contributed by atoms with Crippen LogP contribution in [0.4, 0.5) is 4.39 Å². The maximum atomic E-state index is 12.9. The summed E-state index contributed by atoms with van der Waals surface area (Å²) < 4.78 is 18.5. The molecule has 0 aliphatic heterocycles. The van der Waals surface area contributed by atoms with Crippen molar-refractivity contribution in [3.8, 4) is 11.8 Å². The molecule has 0 amide bonds. The SMILES string of the molecule is N#CC(CCOc1ccc(F)cc1)c1cccc2ccccc12. The van der Waals surface area contributed by atoms with Crippen LogP contribution in [0.2, 0.25) is 0 Å². The van der Waals surface area contributed by atoms with Crippen molar-refractivity contribution in [3.05, 3.63) is 78.1 Å². The van der Waals surface area contributed by atoms with E-state index >= 15 is 0 Å². The summed E-state index contributed by atoms with van der Waals surface area (Å²) in [6, 6.07) is 22.3. The number of benzene rings is 3. The molecular weight excluding hydrogens is 289 g/mol. The molecule has 3 aromatic carbocycles. The van der Waals surface area contributed by atoms with Crippen molar-refractivity contribution in [1.82, 2.24) is 0 Å². The molecule has 1 unspecified atom stereocenters. The number of fused-ring (bicyclic) bond motifs is 1. The molecule has 0 aliphatic carbocycles. The highest BCUT2D eigenvalue weighted by Crippen LogP contribution is 2.27. The Morgan fingerprint density at radius 2 is 1.70 bits per heavy atom. The maximum Gasteiger partial charge on any atom is 0.123 e. The number of halogens is 1. The van der Waals surface area contributed by atoms with Crippen LogP contribution in [0.3, 0.4) is 0 Å². The zero-order valence-corrected chi connectivity index (χ0v) is 12.6. The first-order valence-corrected chi connectivity index (χ1v) is 7.53. The van der Waals surface area contributed by atoms with Gasteiger partial charge < -0.3 is 4.74 Å². The Morgan fingerprint density at radius 3 is 2.48 bits per heavy atom. The molecule has 0 saturated carbocycles. The second-order valence-electron chi connectivity index (χ2n) is 5.34. The van der Waals surface area contributed by atoms with Crippen LogP contribution >= 0.6 is 0 Å². The van der Waals surface area contributed by atoms with Crippen LogP contribution < -0.4 is 4.74 Å². The number of hydrogen-bond acceptors (Lipinski definition) is 2. The number of ether oxygens (including phenoxy) is 1. The quantitative estimate of drug-likeness (QED) is 0.660. The van der Waals surface area contributed by atoms with E-state index in [-0.39, 0.29) is 11.7 Å². The van der Waals surface area contributed by atoms with Gasteiger partial charge in [0.25, 0.3) is 0 Å². The molecule has 0 radical (unpaired) electrons. The van der Waals surface area contributed by atoms with E-state index in [1.54, 1.807) is 12.1 Å². The van der Waals surface area contributed by atoms with E-state index in [2.05, 4.69) is 6.07 Å². The number of hydrogen-bond donors (Lipinski definition) is 0. The van der Waals surface area contributed by atoms with Gasteiger partial charge in [0.05, 0.1) is 18.6 Å². The maximum absolute atomic E-state index is 12.9. The molecule has 3 rings (SSSR count). The van der Waals surface area contributed by atoms with Crippen LogP contribution in [-0.4, -0.2) is 6.61 Å². The second-order valence-corrected chi connectivity index (χ2v) is 5.34. The Bertz CT molecular complexity index is 831. The van der Waals surface area contributed by atoms with E-state index in [9.17, 15) is 9.65 Å². The van der Waals surface area contributed by atoms with Crippen LogP contribution in [0.25, 0.3) is 10.8 Å². The third-order valence-corrected chi connectivity index (χ3v) is 3.84. The minimum atomic E-state index is -0.289. The highest BCUT2D eigenvalue weighted by molar-refractivity contribution is 5.86. The summed E-state index contributed by atoms with van der Waals surface area (Å²) in [7, 11) is 0. The molecule has 0 saturated heterocycles. The minimum absolute atomic E-state index is 0.235. The molecule has 0 aromatic heterocycles. The molecule has 23 heavy (non-hydrogen) atoms. The van der Waals surface area contributed by atoms with Gasteiger partial charge in [0.1, 0.15) is 11.6 Å². The van der Waals surface area contributed by atoms with E-state index in [1.807, 2.05) is 42.5 Å². The van der Waals surface area contributed by atoms with Gasteiger partial charge in [-0.15, -0.1) is 0 Å². The second kappa shape index (κ2) is 6.93. The number of nitriles is 1. The largest absolute Gasteiger partial charge is 0.494 e. The molecule has 0 heterocycles. The average molecular weight is 305 g/mol. The van der Waals surface area contributed by atoms with Crippen molar-refractivity contribution in [2.24, 2.45) is 0 Å². The Morgan fingerprint density at radius 1 is 0.957 bits per heavy atom. The Labute approximate surface area is 134 Å². The lowest BCUT2D eigenvalue weighted by Crippen LogP contribution is -2.05. The van der Waals surface area contributed by atoms with Gasteiger partial charge in [-0.05, 0) is 40.6 Å². The fourth-order valence-electron chi connectivity index (χ4n) is 2.67. The predicted molar refractivity (Wildman–Crippen MR) is 88.8 cm³/mol. The van der Waals surface area contributed by atoms with Crippen molar-refractivity contribution in [2.75, 3.05) is 6.61 Å². The standard InChI is InChI=1S/C20H16FNO/c21-17-8-10-18(11-9-17)23-13-12-16(14-22)20-7-3-5-15-4-1-2-6-19(15)20/h1-11,16H,12-13H2. The Kier molecular flexibility index (Phi) is 4.54. The topological polar surface area (TPSA) is 33.0 Å². The lowest BCUT2D eigenvalue weighted by atomic mass is 9.92. The molecule has 0 N–H and O–H groups in total. The smallest absolute Gasteiger partial charge is 0.123 e. The third-order valence-electron chi connectivity index (χ3n) is 3.84. The predicted octanol–water partition coefficient (Wildman–Crippen LogP) is 5.06. The van der Waals surface area contributed by atoms with Gasteiger partial charge in [-0.2, -0.15) is 5.26 Å². The van der Waals surface area contributed by atoms with Gasteiger partial charge >= 0.3 is 0 Å². The van der Waals surface area contributed by atoms with E-state index in [0.29, 0.717) is 18.8 Å². The first kappa shape index (κ1) is 15.1. The third kappa shape index (κ3) is 3.49. The molecule has 3 heteroatoms. The molecule has 114 valence electrons. The molecule has 3 aromatic rings. The van der Waals surface area contributed by atoms with Crippen LogP contribution in [0.15, 0.2) is 66.7 Å². The van der Waals surface area contributed by atoms with Gasteiger partial charge in [0.2, 0.25) is 0 Å². The lowest BCUT2D eigenvalue weighted by molar-refractivity contribution is 0.305. The molecule has 2 nitrogen and oxygen atoms in total. The summed E-state index contributed by atoms with van der Waals surface area (Å²) in [4.78, 5) is 0. The van der Waals surface area contributed by atoms with Crippen LogP contribution in [0, 0.1) is 17.1 Å². The van der Waals surface area contributed by atoms with Crippen molar-refractivity contribution in [2.45, 2.75) is 12.3 Å². The van der Waals surface area contributed by atoms with Gasteiger partial charge in [0.15, 0.2) is 0 Å². The highest BCUT2D eigenvalue weighted by Gasteiger charge is 2.13. The number of nitrogens with zero attached hydrogens (tertiary/aromatic N) is 1. The van der Waals surface area contributed by atoms with Crippen LogP contribution in [0.5, 0.6) is 5.75 Å². The summed E-state index contributed by atoms with van der Waals surface area (Å²) in [6.45, 7) is 0.410. The summed E-state index contributed by atoms with van der Waals surface area (Å²) in [5, 5.41) is 11.7. The first-order chi connectivity index (χ1) is 11.3. The molecule has 0 fully saturated rings. The molecule has 1 atom stereocenters. The van der Waals surface area contributed by atoms with Crippen molar-refractivity contribution < 1.29 is 9.13 Å². The van der Waals surface area contributed by atoms with E-state index in [0.717, 1.165) is 16.3 Å². The zero-order chi connectivity index (χ0) is 16.1. The van der Waals surface area contributed by atoms with E-state index in [1.165, 1.54) is 12.1 Å².